The summed E-state index contributed by atoms with van der Waals surface area (Å²) < 4.78 is 23.3. The zero-order valence-corrected chi connectivity index (χ0v) is 13.4. The van der Waals surface area contributed by atoms with E-state index >= 15 is 0 Å². The molecular formula is C14H29NO4S. The Labute approximate surface area is 123 Å². The number of nitrogens with one attached hydrogen (secondary N) is 1. The Morgan fingerprint density at radius 3 is 2.10 bits per heavy atom. The van der Waals surface area contributed by atoms with Gasteiger partial charge >= 0.3 is 0 Å². The van der Waals surface area contributed by atoms with Crippen LogP contribution in [0.2, 0.25) is 0 Å². The predicted octanol–water partition coefficient (Wildman–Crippen LogP) is 1.65. The molecule has 0 heterocycles. The second-order valence-electron chi connectivity index (χ2n) is 5.14. The van der Waals surface area contributed by atoms with Gasteiger partial charge in [-0.25, -0.2) is 8.42 Å². The minimum absolute atomic E-state index is 0.0779. The summed E-state index contributed by atoms with van der Waals surface area (Å²) in [5, 5.41) is 10.9. The number of sulfone groups is 1. The normalized spacial score (nSPS) is 11.5. The van der Waals surface area contributed by atoms with Gasteiger partial charge in [0.2, 0.25) is 5.91 Å². The summed E-state index contributed by atoms with van der Waals surface area (Å²) in [5.74, 6) is -0.920. The van der Waals surface area contributed by atoms with Gasteiger partial charge in [-0.15, -0.1) is 0 Å². The SMILES string of the molecule is CCCCCCCCCCS(=O)(=O)CC(=O)NCCO. The highest BCUT2D eigenvalue weighted by Crippen LogP contribution is 2.09. The summed E-state index contributed by atoms with van der Waals surface area (Å²) in [6, 6.07) is 0. The van der Waals surface area contributed by atoms with Crippen LogP contribution in [0, 0.1) is 0 Å². The van der Waals surface area contributed by atoms with Gasteiger partial charge in [-0.2, -0.15) is 0 Å². The first-order valence-corrected chi connectivity index (χ1v) is 9.42. The van der Waals surface area contributed by atoms with Gasteiger partial charge in [0.05, 0.1) is 12.4 Å². The molecule has 0 atom stereocenters. The van der Waals surface area contributed by atoms with Gasteiger partial charge in [-0.3, -0.25) is 4.79 Å². The molecule has 20 heavy (non-hydrogen) atoms. The maximum absolute atomic E-state index is 11.7. The lowest BCUT2D eigenvalue weighted by atomic mass is 10.1. The van der Waals surface area contributed by atoms with Crippen LogP contribution in [0.15, 0.2) is 0 Å². The van der Waals surface area contributed by atoms with Crippen LogP contribution in [0.1, 0.15) is 58.3 Å². The predicted molar refractivity (Wildman–Crippen MR) is 81.4 cm³/mol. The molecule has 1 amide bonds. The van der Waals surface area contributed by atoms with E-state index in [1.54, 1.807) is 0 Å². The van der Waals surface area contributed by atoms with E-state index < -0.39 is 21.5 Å². The van der Waals surface area contributed by atoms with Gasteiger partial charge in [-0.05, 0) is 6.42 Å². The van der Waals surface area contributed by atoms with Crippen LogP contribution in [0.5, 0.6) is 0 Å². The van der Waals surface area contributed by atoms with Crippen LogP contribution in [0.25, 0.3) is 0 Å². The molecule has 0 fully saturated rings. The summed E-state index contributed by atoms with van der Waals surface area (Å²) in [7, 11) is -3.31. The van der Waals surface area contributed by atoms with Crippen molar-refractivity contribution in [3.63, 3.8) is 0 Å². The number of aliphatic hydroxyl groups is 1. The molecule has 0 aliphatic carbocycles. The number of carbonyl (C=O) groups is 1. The molecule has 0 rings (SSSR count). The van der Waals surface area contributed by atoms with Crippen LogP contribution < -0.4 is 5.32 Å². The van der Waals surface area contributed by atoms with Crippen molar-refractivity contribution in [1.29, 1.82) is 0 Å². The summed E-state index contributed by atoms with van der Waals surface area (Å²) in [5.41, 5.74) is 0. The van der Waals surface area contributed by atoms with Gasteiger partial charge in [0.15, 0.2) is 9.84 Å². The maximum Gasteiger partial charge on any atom is 0.235 e. The number of aliphatic hydroxyl groups excluding tert-OH is 1. The van der Waals surface area contributed by atoms with E-state index in [9.17, 15) is 13.2 Å². The molecule has 0 aromatic carbocycles. The molecule has 2 N–H and O–H groups in total. The van der Waals surface area contributed by atoms with E-state index in [1.165, 1.54) is 25.7 Å². The van der Waals surface area contributed by atoms with Gasteiger partial charge in [-0.1, -0.05) is 51.9 Å². The van der Waals surface area contributed by atoms with E-state index in [0.29, 0.717) is 6.42 Å². The number of unbranched alkanes of at least 4 members (excludes halogenated alkanes) is 7. The van der Waals surface area contributed by atoms with Gasteiger partial charge in [0.25, 0.3) is 0 Å². The van der Waals surface area contributed by atoms with Crippen molar-refractivity contribution in [2.24, 2.45) is 0 Å². The molecule has 120 valence electrons. The van der Waals surface area contributed by atoms with Crippen LogP contribution >= 0.6 is 0 Å². The average Bonchev–Trinajstić information content (AvgIpc) is 2.39. The van der Waals surface area contributed by atoms with Crippen LogP contribution in [0.4, 0.5) is 0 Å². The number of hydrogen-bond acceptors (Lipinski definition) is 4. The molecule has 0 aromatic rings. The van der Waals surface area contributed by atoms with Crippen molar-refractivity contribution in [1.82, 2.24) is 5.32 Å². The van der Waals surface area contributed by atoms with E-state index in [-0.39, 0.29) is 18.9 Å². The second-order valence-corrected chi connectivity index (χ2v) is 7.32. The third-order valence-electron chi connectivity index (χ3n) is 3.09. The fraction of sp³-hybridized carbons (Fsp3) is 0.929. The molecule has 0 saturated carbocycles. The number of amides is 1. The van der Waals surface area contributed by atoms with Gasteiger partial charge in [0, 0.05) is 6.54 Å². The average molecular weight is 307 g/mol. The summed E-state index contributed by atoms with van der Waals surface area (Å²) in [6.45, 7) is 2.11. The summed E-state index contributed by atoms with van der Waals surface area (Å²) in [4.78, 5) is 11.3. The summed E-state index contributed by atoms with van der Waals surface area (Å²) in [6.07, 6.45) is 8.76. The lowest BCUT2D eigenvalue weighted by Gasteiger charge is -2.05. The monoisotopic (exact) mass is 307 g/mol. The number of hydrogen-bond donors (Lipinski definition) is 2. The lowest BCUT2D eigenvalue weighted by Crippen LogP contribution is -2.33. The Hall–Kier alpha value is -0.620. The minimum Gasteiger partial charge on any atom is -0.395 e. The summed E-state index contributed by atoms with van der Waals surface area (Å²) >= 11 is 0. The highest BCUT2D eigenvalue weighted by Gasteiger charge is 2.15. The fourth-order valence-corrected chi connectivity index (χ4v) is 3.26. The molecule has 5 nitrogen and oxygen atoms in total. The highest BCUT2D eigenvalue weighted by atomic mass is 32.2. The van der Waals surface area contributed by atoms with Crippen LogP contribution in [-0.4, -0.2) is 44.1 Å². The molecule has 0 unspecified atom stereocenters. The molecule has 0 aliphatic rings. The van der Waals surface area contributed by atoms with Gasteiger partial charge in [0.1, 0.15) is 5.75 Å². The van der Waals surface area contributed by atoms with Crippen LogP contribution in [-0.2, 0) is 14.6 Å². The quantitative estimate of drug-likeness (QED) is 0.507. The van der Waals surface area contributed by atoms with Gasteiger partial charge < -0.3 is 10.4 Å². The molecule has 0 aromatic heterocycles. The first-order chi connectivity index (χ1) is 9.52. The minimum atomic E-state index is -3.31. The molecule has 6 heteroatoms. The molecule has 0 aliphatic heterocycles. The van der Waals surface area contributed by atoms with Crippen molar-refractivity contribution in [3.05, 3.63) is 0 Å². The lowest BCUT2D eigenvalue weighted by molar-refractivity contribution is -0.118. The topological polar surface area (TPSA) is 83.5 Å². The Morgan fingerprint density at radius 1 is 1.00 bits per heavy atom. The fourth-order valence-electron chi connectivity index (χ4n) is 1.97. The Kier molecular flexibility index (Phi) is 11.8. The standard InChI is InChI=1S/C14H29NO4S/c1-2-3-4-5-6-7-8-9-12-20(18,19)13-14(17)15-10-11-16/h16H,2-13H2,1H3,(H,15,17). The largest absolute Gasteiger partial charge is 0.395 e. The Morgan fingerprint density at radius 2 is 1.55 bits per heavy atom. The van der Waals surface area contributed by atoms with Crippen molar-refractivity contribution in [2.75, 3.05) is 24.7 Å². The molecule has 0 saturated heterocycles. The maximum atomic E-state index is 11.7. The molecule has 0 bridgehead atoms. The van der Waals surface area contributed by atoms with E-state index in [1.807, 2.05) is 0 Å². The smallest absolute Gasteiger partial charge is 0.235 e. The number of rotatable bonds is 13. The zero-order valence-electron chi connectivity index (χ0n) is 12.6. The molecule has 0 spiro atoms. The highest BCUT2D eigenvalue weighted by molar-refractivity contribution is 7.92. The zero-order chi connectivity index (χ0) is 15.3. The second kappa shape index (κ2) is 12.1. The van der Waals surface area contributed by atoms with Crippen molar-refractivity contribution in [3.8, 4) is 0 Å². The van der Waals surface area contributed by atoms with Crippen molar-refractivity contribution in [2.45, 2.75) is 58.3 Å². The third-order valence-corrected chi connectivity index (χ3v) is 4.71. The first-order valence-electron chi connectivity index (χ1n) is 7.60. The third kappa shape index (κ3) is 12.4. The van der Waals surface area contributed by atoms with E-state index in [2.05, 4.69) is 12.2 Å². The first kappa shape index (κ1) is 19.4. The van der Waals surface area contributed by atoms with Crippen molar-refractivity contribution >= 4 is 15.7 Å². The Balaban J connectivity index is 3.59. The molecular weight excluding hydrogens is 278 g/mol. The molecule has 0 radical (unpaired) electrons. The van der Waals surface area contributed by atoms with E-state index in [0.717, 1.165) is 19.3 Å². The van der Waals surface area contributed by atoms with E-state index in [4.69, 9.17) is 5.11 Å². The Bertz CT molecular complexity index is 341. The number of carbonyl (C=O) groups excluding carboxylic acids is 1. The van der Waals surface area contributed by atoms with Crippen molar-refractivity contribution < 1.29 is 18.3 Å². The van der Waals surface area contributed by atoms with Crippen LogP contribution in [0.3, 0.4) is 0 Å².